The van der Waals surface area contributed by atoms with Gasteiger partial charge in [0.1, 0.15) is 12.1 Å². The maximum atomic E-state index is 11.1. The molecule has 0 atom stereocenters. The van der Waals surface area contributed by atoms with Crippen molar-refractivity contribution in [1.29, 1.82) is 0 Å². The van der Waals surface area contributed by atoms with E-state index in [-0.39, 0.29) is 11.0 Å². The maximum Gasteiger partial charge on any atom is 0.261 e. The van der Waals surface area contributed by atoms with Gasteiger partial charge in [-0.25, -0.2) is 0 Å². The third-order valence-electron chi connectivity index (χ3n) is 7.16. The van der Waals surface area contributed by atoms with Gasteiger partial charge in [-0.05, 0) is 41.1 Å². The lowest BCUT2D eigenvalue weighted by molar-refractivity contribution is -0.111. The van der Waals surface area contributed by atoms with Crippen molar-refractivity contribution in [2.75, 3.05) is 0 Å². The van der Waals surface area contributed by atoms with Gasteiger partial charge in [-0.3, -0.25) is 0 Å². The topological polar surface area (TPSA) is 57.0 Å². The molecule has 0 N–H and O–H groups in total. The molecule has 6 heteroatoms. The van der Waals surface area contributed by atoms with E-state index < -0.39 is 8.32 Å². The minimum Gasteiger partial charge on any atom is -0.400 e. The number of hydrogen-bond donors (Lipinski definition) is 0. The normalized spacial score (nSPS) is 19.4. The zero-order valence-electron chi connectivity index (χ0n) is 20.2. The molecule has 0 bridgehead atoms. The van der Waals surface area contributed by atoms with Gasteiger partial charge in [0, 0.05) is 18.9 Å². The fraction of sp³-hybridized carbons (Fsp3) is 0.444. The Bertz CT molecular complexity index is 1010. The Labute approximate surface area is 198 Å². The molecule has 0 saturated heterocycles. The van der Waals surface area contributed by atoms with Crippen LogP contribution in [0.25, 0.3) is 0 Å². The lowest BCUT2D eigenvalue weighted by atomic mass is 9.82. The van der Waals surface area contributed by atoms with Crippen LogP contribution in [-0.4, -0.2) is 29.4 Å². The summed E-state index contributed by atoms with van der Waals surface area (Å²) in [5.74, 6) is 2.43. The molecular weight excluding hydrogens is 426 g/mol. The minimum atomic E-state index is -2.62. The summed E-state index contributed by atoms with van der Waals surface area (Å²) >= 11 is 0. The fourth-order valence-electron chi connectivity index (χ4n) is 5.30. The van der Waals surface area contributed by atoms with E-state index in [1.165, 1.54) is 10.4 Å². The molecule has 1 saturated carbocycles. The van der Waals surface area contributed by atoms with Gasteiger partial charge in [0.25, 0.3) is 8.32 Å². The smallest absolute Gasteiger partial charge is 0.261 e. The number of carbonyl (C=O) groups excluding carboxylic acids is 1. The zero-order chi connectivity index (χ0) is 23.5. The standard InChI is InChI=1S/C27H35N3O2Si/c1-27(2,3)33(23-11-7-5-8-12-23,24-13-9-6-10-14-24)32-20-25-28-29-26(30(25)4)22-17-15-21(19-31)16-18-22/h5-14,19,21-22H,15-18,20H2,1-4H3/t21-,22-. The molecule has 0 spiro atoms. The average Bonchev–Trinajstić information content (AvgIpc) is 3.20. The van der Waals surface area contributed by atoms with Crippen LogP contribution in [-0.2, 0) is 22.9 Å². The average molecular weight is 462 g/mol. The Kier molecular flexibility index (Phi) is 6.96. The van der Waals surface area contributed by atoms with Crippen molar-refractivity contribution in [1.82, 2.24) is 14.8 Å². The Hall–Kier alpha value is -2.57. The minimum absolute atomic E-state index is 0.0790. The number of rotatable bonds is 7. The third kappa shape index (κ3) is 4.59. The maximum absolute atomic E-state index is 11.1. The van der Waals surface area contributed by atoms with E-state index >= 15 is 0 Å². The van der Waals surface area contributed by atoms with Crippen LogP contribution in [0.1, 0.15) is 64.0 Å². The summed E-state index contributed by atoms with van der Waals surface area (Å²) < 4.78 is 9.15. The van der Waals surface area contributed by atoms with Crippen LogP contribution in [0.5, 0.6) is 0 Å². The van der Waals surface area contributed by atoms with Gasteiger partial charge >= 0.3 is 0 Å². The van der Waals surface area contributed by atoms with E-state index in [9.17, 15) is 4.79 Å². The fourth-order valence-corrected chi connectivity index (χ4v) is 9.81. The van der Waals surface area contributed by atoms with Gasteiger partial charge in [0.05, 0.1) is 6.61 Å². The summed E-state index contributed by atoms with van der Waals surface area (Å²) in [5.41, 5.74) is 0. The van der Waals surface area contributed by atoms with Gasteiger partial charge in [-0.15, -0.1) is 10.2 Å². The van der Waals surface area contributed by atoms with Crippen LogP contribution >= 0.6 is 0 Å². The van der Waals surface area contributed by atoms with Crippen LogP contribution in [0.15, 0.2) is 60.7 Å². The molecule has 0 amide bonds. The number of nitrogens with zero attached hydrogens (tertiary/aromatic N) is 3. The third-order valence-corrected chi connectivity index (χ3v) is 12.1. The van der Waals surface area contributed by atoms with E-state index in [0.717, 1.165) is 43.6 Å². The van der Waals surface area contributed by atoms with Gasteiger partial charge in [-0.2, -0.15) is 0 Å². The molecule has 3 aromatic rings. The van der Waals surface area contributed by atoms with Crippen molar-refractivity contribution in [2.45, 2.75) is 64.0 Å². The highest BCUT2D eigenvalue weighted by Crippen LogP contribution is 2.38. The SMILES string of the molecule is Cn1c(CO[Si](c2ccccc2)(c2ccccc2)C(C)(C)C)nnc1[C@H]1CC[C@H](C=O)CC1. The lowest BCUT2D eigenvalue weighted by Gasteiger charge is -2.42. The van der Waals surface area contributed by atoms with E-state index in [0.29, 0.717) is 12.5 Å². The first-order valence-electron chi connectivity index (χ1n) is 12.0. The summed E-state index contributed by atoms with van der Waals surface area (Å²) in [7, 11) is -0.572. The molecule has 1 aromatic heterocycles. The van der Waals surface area contributed by atoms with E-state index in [1.807, 2.05) is 7.05 Å². The molecule has 1 fully saturated rings. The van der Waals surface area contributed by atoms with Crippen LogP contribution in [0.2, 0.25) is 5.04 Å². The largest absolute Gasteiger partial charge is 0.400 e. The molecule has 1 heterocycles. The van der Waals surface area contributed by atoms with E-state index in [1.54, 1.807) is 0 Å². The van der Waals surface area contributed by atoms with Gasteiger partial charge < -0.3 is 13.8 Å². The lowest BCUT2D eigenvalue weighted by Crippen LogP contribution is -2.66. The molecule has 5 nitrogen and oxygen atoms in total. The van der Waals surface area contributed by atoms with Crippen molar-refractivity contribution >= 4 is 25.0 Å². The van der Waals surface area contributed by atoms with Crippen LogP contribution in [0, 0.1) is 5.92 Å². The van der Waals surface area contributed by atoms with Crippen LogP contribution < -0.4 is 10.4 Å². The van der Waals surface area contributed by atoms with Crippen LogP contribution in [0.4, 0.5) is 0 Å². The van der Waals surface area contributed by atoms with Crippen molar-refractivity contribution in [2.24, 2.45) is 13.0 Å². The van der Waals surface area contributed by atoms with Crippen molar-refractivity contribution in [3.8, 4) is 0 Å². The molecule has 174 valence electrons. The Morgan fingerprint density at radius 3 is 1.97 bits per heavy atom. The quantitative estimate of drug-likeness (QED) is 0.387. The van der Waals surface area contributed by atoms with Gasteiger partial charge in [-0.1, -0.05) is 81.4 Å². The first-order chi connectivity index (χ1) is 15.9. The Morgan fingerprint density at radius 2 is 1.48 bits per heavy atom. The van der Waals surface area contributed by atoms with Gasteiger partial charge in [0.15, 0.2) is 5.82 Å². The summed E-state index contributed by atoms with van der Waals surface area (Å²) in [6, 6.07) is 21.4. The summed E-state index contributed by atoms with van der Waals surface area (Å²) in [4.78, 5) is 11.1. The Balaban J connectivity index is 1.65. The predicted octanol–water partition coefficient (Wildman–Crippen LogP) is 4.36. The van der Waals surface area contributed by atoms with Crippen molar-refractivity contribution < 1.29 is 9.22 Å². The molecule has 2 aromatic carbocycles. The molecule has 4 rings (SSSR count). The highest BCUT2D eigenvalue weighted by atomic mass is 28.4. The van der Waals surface area contributed by atoms with Crippen molar-refractivity contribution in [3.63, 3.8) is 0 Å². The van der Waals surface area contributed by atoms with E-state index in [4.69, 9.17) is 4.43 Å². The molecule has 1 aliphatic rings. The first kappa shape index (κ1) is 23.6. The summed E-state index contributed by atoms with van der Waals surface area (Å²) in [6.07, 6.45) is 4.97. The molecule has 0 unspecified atom stereocenters. The summed E-state index contributed by atoms with van der Waals surface area (Å²) in [6.45, 7) is 7.27. The van der Waals surface area contributed by atoms with E-state index in [2.05, 4.69) is 96.2 Å². The number of hydrogen-bond acceptors (Lipinski definition) is 4. The number of carbonyl (C=O) groups is 1. The number of aldehydes is 1. The highest BCUT2D eigenvalue weighted by Gasteiger charge is 2.50. The molecule has 33 heavy (non-hydrogen) atoms. The Morgan fingerprint density at radius 1 is 0.939 bits per heavy atom. The molecule has 1 aliphatic carbocycles. The number of aromatic nitrogens is 3. The number of benzene rings is 2. The molecule has 0 radical (unpaired) electrons. The second-order valence-corrected chi connectivity index (χ2v) is 14.5. The molecule has 0 aliphatic heterocycles. The monoisotopic (exact) mass is 461 g/mol. The van der Waals surface area contributed by atoms with Crippen molar-refractivity contribution in [3.05, 3.63) is 72.3 Å². The first-order valence-corrected chi connectivity index (χ1v) is 13.9. The second-order valence-electron chi connectivity index (χ2n) is 10.2. The van der Waals surface area contributed by atoms with Gasteiger partial charge in [0.2, 0.25) is 0 Å². The zero-order valence-corrected chi connectivity index (χ0v) is 21.2. The second kappa shape index (κ2) is 9.73. The molecular formula is C27H35N3O2Si. The highest BCUT2D eigenvalue weighted by molar-refractivity contribution is 6.99. The predicted molar refractivity (Wildman–Crippen MR) is 134 cm³/mol. The van der Waals surface area contributed by atoms with Crippen LogP contribution in [0.3, 0.4) is 0 Å². The summed E-state index contributed by atoms with van der Waals surface area (Å²) in [5, 5.41) is 11.5.